The molecule has 1 N–H and O–H groups in total. The standard InChI is InChI=1S/C14H17ClN6/c15-12-18-13(17-7-6-11-4-2-1-3-5-11)20-14(19-12)21-9-8-16-10-21/h4,8-10H,1-3,5-7H2,(H,17,18,19,20). The van der Waals surface area contributed by atoms with Gasteiger partial charge in [-0.15, -0.1) is 0 Å². The minimum absolute atomic E-state index is 0.174. The fourth-order valence-corrected chi connectivity index (χ4v) is 2.53. The molecule has 21 heavy (non-hydrogen) atoms. The van der Waals surface area contributed by atoms with E-state index in [2.05, 4.69) is 31.3 Å². The Kier molecular flexibility index (Phi) is 4.45. The number of nitrogens with one attached hydrogen (secondary N) is 1. The van der Waals surface area contributed by atoms with Gasteiger partial charge in [0.15, 0.2) is 0 Å². The van der Waals surface area contributed by atoms with E-state index >= 15 is 0 Å². The maximum absolute atomic E-state index is 5.95. The third-order valence-corrected chi connectivity index (χ3v) is 3.61. The number of hydrogen-bond donors (Lipinski definition) is 1. The van der Waals surface area contributed by atoms with Crippen molar-refractivity contribution in [1.82, 2.24) is 24.5 Å². The second kappa shape index (κ2) is 6.67. The summed E-state index contributed by atoms with van der Waals surface area (Å²) in [5.74, 6) is 0.960. The maximum Gasteiger partial charge on any atom is 0.241 e. The molecule has 1 aliphatic carbocycles. The van der Waals surface area contributed by atoms with Gasteiger partial charge in [-0.1, -0.05) is 11.6 Å². The lowest BCUT2D eigenvalue weighted by Crippen LogP contribution is -2.10. The first-order valence-corrected chi connectivity index (χ1v) is 7.51. The number of hydrogen-bond acceptors (Lipinski definition) is 5. The average Bonchev–Trinajstić information content (AvgIpc) is 3.02. The molecule has 3 rings (SSSR count). The van der Waals surface area contributed by atoms with E-state index in [1.54, 1.807) is 23.3 Å². The van der Waals surface area contributed by atoms with Gasteiger partial charge in [-0.25, -0.2) is 4.98 Å². The number of halogens is 1. The molecule has 0 fully saturated rings. The van der Waals surface area contributed by atoms with Crippen molar-refractivity contribution < 1.29 is 0 Å². The predicted octanol–water partition coefficient (Wildman–Crippen LogP) is 3.01. The topological polar surface area (TPSA) is 68.5 Å². The van der Waals surface area contributed by atoms with Crippen LogP contribution in [0.4, 0.5) is 5.95 Å². The minimum Gasteiger partial charge on any atom is -0.354 e. The van der Waals surface area contributed by atoms with Crippen LogP contribution in [0.1, 0.15) is 32.1 Å². The van der Waals surface area contributed by atoms with E-state index in [-0.39, 0.29) is 5.28 Å². The zero-order chi connectivity index (χ0) is 14.5. The molecule has 1 aliphatic rings. The molecule has 0 spiro atoms. The van der Waals surface area contributed by atoms with Gasteiger partial charge < -0.3 is 5.32 Å². The largest absolute Gasteiger partial charge is 0.354 e. The molecule has 0 radical (unpaired) electrons. The van der Waals surface area contributed by atoms with E-state index in [4.69, 9.17) is 11.6 Å². The molecule has 2 heterocycles. The fraction of sp³-hybridized carbons (Fsp3) is 0.429. The first-order chi connectivity index (χ1) is 10.3. The summed E-state index contributed by atoms with van der Waals surface area (Å²) in [6, 6.07) is 0. The van der Waals surface area contributed by atoms with Gasteiger partial charge in [-0.2, -0.15) is 15.0 Å². The first-order valence-electron chi connectivity index (χ1n) is 7.13. The lowest BCUT2D eigenvalue weighted by Gasteiger charge is -2.13. The van der Waals surface area contributed by atoms with Gasteiger partial charge >= 0.3 is 0 Å². The van der Waals surface area contributed by atoms with Crippen molar-refractivity contribution >= 4 is 17.5 Å². The Morgan fingerprint density at radius 1 is 1.24 bits per heavy atom. The number of nitrogens with zero attached hydrogens (tertiary/aromatic N) is 5. The molecule has 0 aliphatic heterocycles. The summed E-state index contributed by atoms with van der Waals surface area (Å²) in [6.45, 7) is 0.801. The number of aromatic nitrogens is 5. The first kappa shape index (κ1) is 14.0. The van der Waals surface area contributed by atoms with Crippen LogP contribution in [0.25, 0.3) is 5.95 Å². The monoisotopic (exact) mass is 304 g/mol. The second-order valence-electron chi connectivity index (χ2n) is 4.98. The molecule has 6 nitrogen and oxygen atoms in total. The van der Waals surface area contributed by atoms with Crippen LogP contribution in [-0.2, 0) is 0 Å². The Balaban J connectivity index is 1.64. The van der Waals surface area contributed by atoms with Crippen molar-refractivity contribution in [3.8, 4) is 5.95 Å². The van der Waals surface area contributed by atoms with Crippen molar-refractivity contribution in [2.75, 3.05) is 11.9 Å². The summed E-state index contributed by atoms with van der Waals surface area (Å²) in [7, 11) is 0. The molecule has 0 atom stereocenters. The van der Waals surface area contributed by atoms with Crippen LogP contribution in [-0.4, -0.2) is 31.0 Å². The summed E-state index contributed by atoms with van der Waals surface area (Å²) < 4.78 is 1.70. The van der Waals surface area contributed by atoms with E-state index in [1.807, 2.05) is 0 Å². The predicted molar refractivity (Wildman–Crippen MR) is 81.6 cm³/mol. The van der Waals surface area contributed by atoms with Gasteiger partial charge in [0.1, 0.15) is 6.33 Å². The molecule has 0 aromatic carbocycles. The van der Waals surface area contributed by atoms with Gasteiger partial charge in [0.05, 0.1) is 0 Å². The van der Waals surface area contributed by atoms with E-state index in [0.717, 1.165) is 13.0 Å². The lowest BCUT2D eigenvalue weighted by molar-refractivity contribution is 0.679. The molecule has 2 aromatic heterocycles. The lowest BCUT2D eigenvalue weighted by atomic mass is 9.97. The molecular formula is C14H17ClN6. The Morgan fingerprint density at radius 3 is 2.95 bits per heavy atom. The molecule has 0 bridgehead atoms. The van der Waals surface area contributed by atoms with Gasteiger partial charge in [-0.3, -0.25) is 4.57 Å². The third kappa shape index (κ3) is 3.78. The number of allylic oxidation sites excluding steroid dienone is 1. The highest BCUT2D eigenvalue weighted by molar-refractivity contribution is 6.28. The van der Waals surface area contributed by atoms with Crippen LogP contribution in [0.2, 0.25) is 5.28 Å². The zero-order valence-corrected chi connectivity index (χ0v) is 12.4. The number of anilines is 1. The molecule has 0 saturated heterocycles. The van der Waals surface area contributed by atoms with Crippen molar-refractivity contribution in [2.24, 2.45) is 0 Å². The van der Waals surface area contributed by atoms with Gasteiger partial charge in [0.25, 0.3) is 0 Å². The van der Waals surface area contributed by atoms with Gasteiger partial charge in [0.2, 0.25) is 17.2 Å². The van der Waals surface area contributed by atoms with Crippen molar-refractivity contribution in [3.63, 3.8) is 0 Å². The van der Waals surface area contributed by atoms with Gasteiger partial charge in [-0.05, 0) is 43.7 Å². The summed E-state index contributed by atoms with van der Waals surface area (Å²) in [6.07, 6.45) is 13.5. The molecule has 110 valence electrons. The Bertz CT molecular complexity index is 622. The van der Waals surface area contributed by atoms with Crippen LogP contribution in [0.5, 0.6) is 0 Å². The van der Waals surface area contributed by atoms with E-state index in [1.165, 1.54) is 31.3 Å². The van der Waals surface area contributed by atoms with Crippen molar-refractivity contribution in [2.45, 2.75) is 32.1 Å². The fourth-order valence-electron chi connectivity index (χ4n) is 2.38. The molecular weight excluding hydrogens is 288 g/mol. The summed E-state index contributed by atoms with van der Waals surface area (Å²) >= 11 is 5.95. The normalized spacial score (nSPS) is 14.8. The van der Waals surface area contributed by atoms with E-state index in [9.17, 15) is 0 Å². The molecule has 0 amide bonds. The van der Waals surface area contributed by atoms with Crippen LogP contribution in [0.3, 0.4) is 0 Å². The Hall–Kier alpha value is -1.95. The number of imidazole rings is 1. The quantitative estimate of drug-likeness (QED) is 0.860. The summed E-state index contributed by atoms with van der Waals surface area (Å²) in [4.78, 5) is 16.5. The molecule has 2 aromatic rings. The summed E-state index contributed by atoms with van der Waals surface area (Å²) in [5, 5.41) is 3.39. The van der Waals surface area contributed by atoms with Crippen molar-refractivity contribution in [3.05, 3.63) is 35.7 Å². The van der Waals surface area contributed by atoms with E-state index in [0.29, 0.717) is 11.9 Å². The van der Waals surface area contributed by atoms with Crippen LogP contribution < -0.4 is 5.32 Å². The minimum atomic E-state index is 0.174. The SMILES string of the molecule is Clc1nc(NCCC2=CCCCC2)nc(-n2ccnc2)n1. The maximum atomic E-state index is 5.95. The van der Waals surface area contributed by atoms with E-state index < -0.39 is 0 Å². The second-order valence-corrected chi connectivity index (χ2v) is 5.32. The van der Waals surface area contributed by atoms with Crippen molar-refractivity contribution in [1.29, 1.82) is 0 Å². The highest BCUT2D eigenvalue weighted by Gasteiger charge is 2.07. The van der Waals surface area contributed by atoms with Crippen LogP contribution in [0.15, 0.2) is 30.4 Å². The Morgan fingerprint density at radius 2 is 2.19 bits per heavy atom. The van der Waals surface area contributed by atoms with Crippen LogP contribution >= 0.6 is 11.6 Å². The summed E-state index contributed by atoms with van der Waals surface area (Å²) in [5.41, 5.74) is 1.52. The average molecular weight is 305 g/mol. The number of rotatable bonds is 5. The zero-order valence-electron chi connectivity index (χ0n) is 11.7. The van der Waals surface area contributed by atoms with Crippen LogP contribution in [0, 0.1) is 0 Å². The molecule has 7 heteroatoms. The highest BCUT2D eigenvalue weighted by atomic mass is 35.5. The molecule has 0 unspecified atom stereocenters. The smallest absolute Gasteiger partial charge is 0.241 e. The van der Waals surface area contributed by atoms with Gasteiger partial charge in [0, 0.05) is 18.9 Å². The molecule has 0 saturated carbocycles. The Labute approximate surface area is 128 Å². The third-order valence-electron chi connectivity index (χ3n) is 3.45. The highest BCUT2D eigenvalue weighted by Crippen LogP contribution is 2.20.